The molecule has 0 aromatic heterocycles. The lowest BCUT2D eigenvalue weighted by Crippen LogP contribution is -2.69. The SMILES string of the molecule is CC(C)[C@@]12O[C@@H]1C1OC13C1(OC1C[C@@H]1C4=C(CCC13C)C(=O)OC4)C2O. The van der Waals surface area contributed by atoms with Gasteiger partial charge in [-0.1, -0.05) is 20.8 Å². The lowest BCUT2D eigenvalue weighted by Gasteiger charge is -2.53. The highest BCUT2D eigenvalue weighted by Crippen LogP contribution is 2.82. The summed E-state index contributed by atoms with van der Waals surface area (Å²) in [4.78, 5) is 12.1. The minimum atomic E-state index is -0.654. The molecule has 3 saturated heterocycles. The van der Waals surface area contributed by atoms with Gasteiger partial charge in [-0.15, -0.1) is 0 Å². The van der Waals surface area contributed by atoms with Gasteiger partial charge in [0.25, 0.3) is 0 Å². The standard InChI is InChI=1S/C20H24O6/c1-8(2)18-13(25-18)14-20(26-14)17(3)5-4-9-10(7-23-15(9)21)11(17)6-12-19(20,24-12)16(18)22/h8,11-14,16,22H,4-7H2,1-3H3/t11-,12?,13-,14?,16?,17?,18-,19?,20?/m1/s1. The van der Waals surface area contributed by atoms with Crippen LogP contribution < -0.4 is 0 Å². The third kappa shape index (κ3) is 1.14. The zero-order valence-corrected chi connectivity index (χ0v) is 15.3. The molecule has 7 aliphatic rings. The number of aliphatic hydroxyl groups excluding tert-OH is 1. The fraction of sp³-hybridized carbons (Fsp3) is 0.850. The van der Waals surface area contributed by atoms with Crippen molar-refractivity contribution in [1.29, 1.82) is 0 Å². The Morgan fingerprint density at radius 1 is 1.19 bits per heavy atom. The summed E-state index contributed by atoms with van der Waals surface area (Å²) >= 11 is 0. The number of aliphatic hydroxyl groups is 1. The summed E-state index contributed by atoms with van der Waals surface area (Å²) in [6, 6.07) is 0. The van der Waals surface area contributed by atoms with Gasteiger partial charge >= 0.3 is 5.97 Å². The summed E-state index contributed by atoms with van der Waals surface area (Å²) in [7, 11) is 0. The Morgan fingerprint density at radius 2 is 2.00 bits per heavy atom. The van der Waals surface area contributed by atoms with E-state index in [1.165, 1.54) is 0 Å². The molecule has 0 radical (unpaired) electrons. The van der Waals surface area contributed by atoms with Crippen molar-refractivity contribution in [2.75, 3.05) is 6.61 Å². The zero-order chi connectivity index (χ0) is 17.9. The second kappa shape index (κ2) is 3.79. The van der Waals surface area contributed by atoms with Crippen LogP contribution in [0.1, 0.15) is 40.0 Å². The van der Waals surface area contributed by atoms with Crippen molar-refractivity contribution in [3.05, 3.63) is 11.1 Å². The Labute approximate surface area is 151 Å². The Hall–Kier alpha value is -0.950. The molecule has 7 rings (SSSR count). The third-order valence-corrected chi connectivity index (χ3v) is 9.10. The highest BCUT2D eigenvalue weighted by molar-refractivity contribution is 5.92. The zero-order valence-electron chi connectivity index (χ0n) is 15.3. The molecule has 2 saturated carbocycles. The van der Waals surface area contributed by atoms with E-state index in [-0.39, 0.29) is 41.5 Å². The first-order valence-electron chi connectivity index (χ1n) is 9.95. The van der Waals surface area contributed by atoms with Gasteiger partial charge in [-0.3, -0.25) is 0 Å². The highest BCUT2D eigenvalue weighted by Gasteiger charge is 3.00. The Morgan fingerprint density at radius 3 is 2.77 bits per heavy atom. The van der Waals surface area contributed by atoms with Crippen LogP contribution in [0.5, 0.6) is 0 Å². The summed E-state index contributed by atoms with van der Waals surface area (Å²) in [5.74, 6) is 0.297. The predicted octanol–water partition coefficient (Wildman–Crippen LogP) is 1.10. The smallest absolute Gasteiger partial charge is 0.334 e. The number of carbonyl (C=O) groups is 1. The van der Waals surface area contributed by atoms with Gasteiger partial charge in [-0.25, -0.2) is 4.79 Å². The van der Waals surface area contributed by atoms with E-state index in [0.717, 1.165) is 30.4 Å². The predicted molar refractivity (Wildman–Crippen MR) is 87.1 cm³/mol. The molecule has 5 fully saturated rings. The van der Waals surface area contributed by atoms with E-state index in [4.69, 9.17) is 18.9 Å². The third-order valence-electron chi connectivity index (χ3n) is 9.10. The number of hydrogen-bond donors (Lipinski definition) is 1. The molecule has 0 aromatic rings. The number of epoxide rings is 3. The van der Waals surface area contributed by atoms with E-state index in [9.17, 15) is 9.90 Å². The van der Waals surface area contributed by atoms with Gasteiger partial charge < -0.3 is 24.1 Å². The van der Waals surface area contributed by atoms with E-state index >= 15 is 0 Å². The average molecular weight is 360 g/mol. The molecular weight excluding hydrogens is 336 g/mol. The molecule has 0 amide bonds. The van der Waals surface area contributed by atoms with Crippen LogP contribution in [0.25, 0.3) is 0 Å². The maximum atomic E-state index is 12.1. The van der Waals surface area contributed by atoms with Crippen molar-refractivity contribution in [1.82, 2.24) is 0 Å². The summed E-state index contributed by atoms with van der Waals surface area (Å²) < 4.78 is 24.3. The number of fused-ring (bicyclic) bond motifs is 4. The van der Waals surface area contributed by atoms with Gasteiger partial charge in [-0.2, -0.15) is 0 Å². The monoisotopic (exact) mass is 360 g/mol. The Balaban J connectivity index is 1.39. The lowest BCUT2D eigenvalue weighted by atomic mass is 9.46. The number of cyclic esters (lactones) is 1. The van der Waals surface area contributed by atoms with E-state index in [0.29, 0.717) is 6.61 Å². The molecule has 1 N–H and O–H groups in total. The highest BCUT2D eigenvalue weighted by atomic mass is 16.7. The first-order valence-corrected chi connectivity index (χ1v) is 9.95. The number of ether oxygens (including phenoxy) is 4. The quantitative estimate of drug-likeness (QED) is 0.557. The van der Waals surface area contributed by atoms with E-state index < -0.39 is 22.9 Å². The minimum Gasteiger partial charge on any atom is -0.458 e. The molecule has 0 bridgehead atoms. The van der Waals surface area contributed by atoms with E-state index in [1.54, 1.807) is 0 Å². The van der Waals surface area contributed by atoms with Crippen molar-refractivity contribution in [2.45, 2.75) is 81.3 Å². The molecule has 140 valence electrons. The topological polar surface area (TPSA) is 84.1 Å². The normalized spacial score (nSPS) is 63.1. The van der Waals surface area contributed by atoms with Gasteiger partial charge in [0.1, 0.15) is 36.1 Å². The minimum absolute atomic E-state index is 0.00808. The Kier molecular flexibility index (Phi) is 2.19. The van der Waals surface area contributed by atoms with Crippen molar-refractivity contribution in [2.24, 2.45) is 17.3 Å². The molecular formula is C20H24O6. The lowest BCUT2D eigenvalue weighted by molar-refractivity contribution is -0.136. The number of rotatable bonds is 1. The van der Waals surface area contributed by atoms with Crippen LogP contribution >= 0.6 is 0 Å². The molecule has 2 spiro atoms. The van der Waals surface area contributed by atoms with Crippen molar-refractivity contribution >= 4 is 5.97 Å². The van der Waals surface area contributed by atoms with Gasteiger partial charge in [0, 0.05) is 11.0 Å². The van der Waals surface area contributed by atoms with Crippen LogP contribution in [-0.4, -0.2) is 58.9 Å². The van der Waals surface area contributed by atoms with E-state index in [2.05, 4.69) is 20.8 Å². The molecule has 3 aliphatic carbocycles. The van der Waals surface area contributed by atoms with Gasteiger partial charge in [0.05, 0.1) is 6.10 Å². The molecule has 6 nitrogen and oxygen atoms in total. The van der Waals surface area contributed by atoms with E-state index in [1.807, 2.05) is 0 Å². The van der Waals surface area contributed by atoms with Crippen molar-refractivity contribution in [3.8, 4) is 0 Å². The van der Waals surface area contributed by atoms with Crippen LogP contribution in [-0.2, 0) is 23.7 Å². The average Bonchev–Trinajstić information content (AvgIpc) is 3.47. The van der Waals surface area contributed by atoms with Crippen LogP contribution in [0, 0.1) is 17.3 Å². The van der Waals surface area contributed by atoms with Crippen LogP contribution in [0.3, 0.4) is 0 Å². The number of hydrogen-bond acceptors (Lipinski definition) is 6. The summed E-state index contributed by atoms with van der Waals surface area (Å²) in [6.07, 6.45) is 1.71. The summed E-state index contributed by atoms with van der Waals surface area (Å²) in [5.41, 5.74) is 0.230. The maximum absolute atomic E-state index is 12.1. The van der Waals surface area contributed by atoms with Crippen LogP contribution in [0.15, 0.2) is 11.1 Å². The Bertz CT molecular complexity index is 819. The van der Waals surface area contributed by atoms with Crippen LogP contribution in [0.2, 0.25) is 0 Å². The number of esters is 1. The molecule has 4 heterocycles. The van der Waals surface area contributed by atoms with Gasteiger partial charge in [-0.05, 0) is 36.7 Å². The summed E-state index contributed by atoms with van der Waals surface area (Å²) in [5, 5.41) is 11.4. The first-order chi connectivity index (χ1) is 12.3. The summed E-state index contributed by atoms with van der Waals surface area (Å²) in [6.45, 7) is 6.91. The van der Waals surface area contributed by atoms with Gasteiger partial charge in [0.2, 0.25) is 0 Å². The molecule has 6 heteroatoms. The van der Waals surface area contributed by atoms with Crippen LogP contribution in [0.4, 0.5) is 0 Å². The van der Waals surface area contributed by atoms with Gasteiger partial charge in [0.15, 0.2) is 5.60 Å². The molecule has 0 aromatic carbocycles. The molecule has 4 aliphatic heterocycles. The molecule has 9 atom stereocenters. The maximum Gasteiger partial charge on any atom is 0.334 e. The largest absolute Gasteiger partial charge is 0.458 e. The van der Waals surface area contributed by atoms with Crippen molar-refractivity contribution in [3.63, 3.8) is 0 Å². The second-order valence-electron chi connectivity index (χ2n) is 9.91. The molecule has 6 unspecified atom stereocenters. The molecule has 26 heavy (non-hydrogen) atoms. The number of carbonyl (C=O) groups excluding carboxylic acids is 1. The van der Waals surface area contributed by atoms with Crippen molar-refractivity contribution < 1.29 is 28.8 Å². The fourth-order valence-corrected chi connectivity index (χ4v) is 7.70. The first kappa shape index (κ1) is 15.0. The second-order valence-corrected chi connectivity index (χ2v) is 9.91. The fourth-order valence-electron chi connectivity index (χ4n) is 7.70.